The van der Waals surface area contributed by atoms with Gasteiger partial charge in [0.2, 0.25) is 0 Å². The lowest BCUT2D eigenvalue weighted by atomic mass is 10.0. The normalized spacial score (nSPS) is 16.5. The lowest BCUT2D eigenvalue weighted by Crippen LogP contribution is -2.42. The molecule has 0 aliphatic carbocycles. The largest absolute Gasteiger partial charge is 0.380 e. The summed E-state index contributed by atoms with van der Waals surface area (Å²) in [4.78, 5) is 30.1. The number of rotatable bonds is 5. The number of amides is 2. The molecule has 0 radical (unpaired) electrons. The Hall–Kier alpha value is -2.74. The van der Waals surface area contributed by atoms with E-state index in [4.69, 9.17) is 9.47 Å². The first-order valence-corrected chi connectivity index (χ1v) is 11.0. The fraction of sp³-hybridized carbons (Fsp3) is 0.333. The molecule has 0 bridgehead atoms. The second-order valence-corrected chi connectivity index (χ2v) is 8.83. The van der Waals surface area contributed by atoms with Gasteiger partial charge in [-0.1, -0.05) is 30.3 Å². The van der Waals surface area contributed by atoms with E-state index in [-0.39, 0.29) is 17.9 Å². The average Bonchev–Trinajstić information content (AvgIpc) is 3.18. The number of hydrogen-bond donors (Lipinski definition) is 0. The molecule has 4 rings (SSSR count). The summed E-state index contributed by atoms with van der Waals surface area (Å²) in [6, 6.07) is 15.5. The van der Waals surface area contributed by atoms with Gasteiger partial charge in [0.25, 0.3) is 11.8 Å². The Morgan fingerprint density at radius 3 is 2.61 bits per heavy atom. The van der Waals surface area contributed by atoms with Crippen LogP contribution in [-0.4, -0.2) is 62.5 Å². The summed E-state index contributed by atoms with van der Waals surface area (Å²) in [7, 11) is 5.15. The molecule has 3 aromatic rings. The number of benzene rings is 2. The molecule has 6 nitrogen and oxygen atoms in total. The Morgan fingerprint density at radius 2 is 1.90 bits per heavy atom. The van der Waals surface area contributed by atoms with Crippen LogP contribution >= 0.6 is 11.3 Å². The van der Waals surface area contributed by atoms with Crippen LogP contribution in [0.1, 0.15) is 37.3 Å². The van der Waals surface area contributed by atoms with Gasteiger partial charge >= 0.3 is 0 Å². The van der Waals surface area contributed by atoms with Gasteiger partial charge in [-0.15, -0.1) is 11.3 Å². The van der Waals surface area contributed by atoms with Crippen LogP contribution in [0.25, 0.3) is 10.1 Å². The number of thiophene rings is 1. The monoisotopic (exact) mass is 438 g/mol. The van der Waals surface area contributed by atoms with E-state index in [1.165, 1.54) is 11.3 Å². The Labute approximate surface area is 186 Å². The zero-order valence-corrected chi connectivity index (χ0v) is 18.8. The van der Waals surface area contributed by atoms with E-state index in [2.05, 4.69) is 0 Å². The standard InChI is InChI=1S/C24H26N2O4S/c1-25(2)24(28)22-21(18-6-4-5-7-20(18)31-22)19-14-26(12-13-30-19)23(27)17-10-8-16(9-11-17)15-29-3/h4-11,19H,12-15H2,1-3H3/t19-/m0/s1. The highest BCUT2D eigenvalue weighted by Gasteiger charge is 2.32. The lowest BCUT2D eigenvalue weighted by molar-refractivity contribution is -0.0223. The van der Waals surface area contributed by atoms with Gasteiger partial charge in [-0.05, 0) is 29.1 Å². The maximum absolute atomic E-state index is 13.1. The molecular formula is C24H26N2O4S. The molecule has 1 aliphatic heterocycles. The van der Waals surface area contributed by atoms with Crippen LogP contribution in [0.5, 0.6) is 0 Å². The molecule has 2 heterocycles. The predicted molar refractivity (Wildman–Crippen MR) is 122 cm³/mol. The van der Waals surface area contributed by atoms with Crippen molar-refractivity contribution in [3.05, 3.63) is 70.1 Å². The molecule has 0 N–H and O–H groups in total. The van der Waals surface area contributed by atoms with E-state index in [9.17, 15) is 9.59 Å². The first-order valence-electron chi connectivity index (χ1n) is 10.2. The van der Waals surface area contributed by atoms with Crippen molar-refractivity contribution < 1.29 is 19.1 Å². The van der Waals surface area contributed by atoms with Gasteiger partial charge in [0, 0.05) is 43.6 Å². The van der Waals surface area contributed by atoms with Crippen LogP contribution in [0.2, 0.25) is 0 Å². The maximum atomic E-state index is 13.1. The summed E-state index contributed by atoms with van der Waals surface area (Å²) in [5, 5.41) is 1.01. The molecule has 7 heteroatoms. The van der Waals surface area contributed by atoms with Crippen molar-refractivity contribution in [2.24, 2.45) is 0 Å². The van der Waals surface area contributed by atoms with Crippen LogP contribution in [0.4, 0.5) is 0 Å². The molecule has 2 amide bonds. The molecule has 1 fully saturated rings. The summed E-state index contributed by atoms with van der Waals surface area (Å²) in [5.74, 6) is -0.0748. The van der Waals surface area contributed by atoms with Gasteiger partial charge in [0.1, 0.15) is 6.10 Å². The second-order valence-electron chi connectivity index (χ2n) is 7.78. The minimum atomic E-state index is -0.347. The first-order chi connectivity index (χ1) is 15.0. The Kier molecular flexibility index (Phi) is 6.36. The van der Waals surface area contributed by atoms with Crippen LogP contribution in [0, 0.1) is 0 Å². The third-order valence-electron chi connectivity index (χ3n) is 5.42. The van der Waals surface area contributed by atoms with Crippen LogP contribution in [0.3, 0.4) is 0 Å². The molecule has 1 aromatic heterocycles. The quantitative estimate of drug-likeness (QED) is 0.605. The summed E-state index contributed by atoms with van der Waals surface area (Å²) in [6.45, 7) is 1.88. The SMILES string of the molecule is COCc1ccc(C(=O)N2CCO[C@H](c3c(C(=O)N(C)C)sc4ccccc34)C2)cc1. The van der Waals surface area contributed by atoms with Gasteiger partial charge in [-0.2, -0.15) is 0 Å². The Bertz CT molecular complexity index is 1090. The first kappa shape index (κ1) is 21.5. The van der Waals surface area contributed by atoms with E-state index in [0.29, 0.717) is 36.7 Å². The molecule has 1 atom stereocenters. The van der Waals surface area contributed by atoms with E-state index in [1.54, 1.807) is 26.1 Å². The molecule has 0 saturated carbocycles. The van der Waals surface area contributed by atoms with Crippen molar-refractivity contribution in [3.8, 4) is 0 Å². The van der Waals surface area contributed by atoms with Crippen molar-refractivity contribution in [1.82, 2.24) is 9.80 Å². The minimum absolute atomic E-state index is 0.0303. The van der Waals surface area contributed by atoms with Gasteiger partial charge in [0.05, 0.1) is 24.6 Å². The number of nitrogens with zero attached hydrogens (tertiary/aromatic N) is 2. The number of carbonyl (C=O) groups is 2. The smallest absolute Gasteiger partial charge is 0.263 e. The third-order valence-corrected chi connectivity index (χ3v) is 6.60. The molecule has 1 aliphatic rings. The molecule has 0 unspecified atom stereocenters. The van der Waals surface area contributed by atoms with E-state index < -0.39 is 0 Å². The summed E-state index contributed by atoms with van der Waals surface area (Å²) in [6.07, 6.45) is -0.347. The number of ether oxygens (including phenoxy) is 2. The highest BCUT2D eigenvalue weighted by molar-refractivity contribution is 7.21. The molecular weight excluding hydrogens is 412 g/mol. The van der Waals surface area contributed by atoms with Gasteiger partial charge in [0.15, 0.2) is 0 Å². The summed E-state index contributed by atoms with van der Waals surface area (Å²) in [5.41, 5.74) is 2.54. The molecule has 0 spiro atoms. The highest BCUT2D eigenvalue weighted by Crippen LogP contribution is 2.38. The second kappa shape index (κ2) is 9.18. The lowest BCUT2D eigenvalue weighted by Gasteiger charge is -2.33. The number of methoxy groups -OCH3 is 1. The van der Waals surface area contributed by atoms with Crippen LogP contribution < -0.4 is 0 Å². The summed E-state index contributed by atoms with van der Waals surface area (Å²) < 4.78 is 12.3. The number of carbonyl (C=O) groups excluding carboxylic acids is 2. The van der Waals surface area contributed by atoms with Crippen molar-refractivity contribution in [2.75, 3.05) is 40.9 Å². The average molecular weight is 439 g/mol. The molecule has 31 heavy (non-hydrogen) atoms. The number of fused-ring (bicyclic) bond motifs is 1. The third kappa shape index (κ3) is 4.35. The van der Waals surface area contributed by atoms with Crippen molar-refractivity contribution >= 4 is 33.2 Å². The highest BCUT2D eigenvalue weighted by atomic mass is 32.1. The van der Waals surface area contributed by atoms with E-state index in [0.717, 1.165) is 21.2 Å². The van der Waals surface area contributed by atoms with Crippen molar-refractivity contribution in [2.45, 2.75) is 12.7 Å². The van der Waals surface area contributed by atoms with Gasteiger partial charge < -0.3 is 19.3 Å². The zero-order valence-electron chi connectivity index (χ0n) is 18.0. The fourth-order valence-electron chi connectivity index (χ4n) is 3.85. The van der Waals surface area contributed by atoms with E-state index in [1.807, 2.05) is 53.4 Å². The summed E-state index contributed by atoms with van der Waals surface area (Å²) >= 11 is 1.48. The fourth-order valence-corrected chi connectivity index (χ4v) is 5.12. The van der Waals surface area contributed by atoms with Crippen molar-refractivity contribution in [1.29, 1.82) is 0 Å². The zero-order chi connectivity index (χ0) is 22.0. The van der Waals surface area contributed by atoms with Crippen molar-refractivity contribution in [3.63, 3.8) is 0 Å². The molecule has 2 aromatic carbocycles. The van der Waals surface area contributed by atoms with E-state index >= 15 is 0 Å². The number of hydrogen-bond acceptors (Lipinski definition) is 5. The molecule has 162 valence electrons. The predicted octanol–water partition coefficient (Wildman–Crippen LogP) is 3.96. The van der Waals surface area contributed by atoms with Crippen LogP contribution in [0.15, 0.2) is 48.5 Å². The maximum Gasteiger partial charge on any atom is 0.263 e. The topological polar surface area (TPSA) is 59.1 Å². The van der Waals surface area contributed by atoms with Gasteiger partial charge in [-0.3, -0.25) is 9.59 Å². The Balaban J connectivity index is 1.63. The molecule has 1 saturated heterocycles. The number of morpholine rings is 1. The Morgan fingerprint density at radius 1 is 1.16 bits per heavy atom. The minimum Gasteiger partial charge on any atom is -0.380 e. The van der Waals surface area contributed by atoms with Crippen LogP contribution in [-0.2, 0) is 16.1 Å². The van der Waals surface area contributed by atoms with Gasteiger partial charge in [-0.25, -0.2) is 0 Å².